The first-order valence-electron chi connectivity index (χ1n) is 11.5. The number of fused-ring (bicyclic) bond motifs is 1. The van der Waals surface area contributed by atoms with Crippen LogP contribution in [0.25, 0.3) is 11.1 Å². The van der Waals surface area contributed by atoms with Gasteiger partial charge in [-0.3, -0.25) is 19.2 Å². The van der Waals surface area contributed by atoms with E-state index in [0.717, 1.165) is 48.4 Å². The molecule has 2 aliphatic heterocycles. The van der Waals surface area contributed by atoms with Crippen molar-refractivity contribution in [3.05, 3.63) is 88.0 Å². The molecule has 0 radical (unpaired) electrons. The fourth-order valence-electron chi connectivity index (χ4n) is 4.55. The van der Waals surface area contributed by atoms with Crippen LogP contribution >= 0.6 is 7.67 Å². The summed E-state index contributed by atoms with van der Waals surface area (Å²) in [5.74, 6) is 0.771. The average molecular weight is 477 g/mol. The summed E-state index contributed by atoms with van der Waals surface area (Å²) in [5, 5.41) is 11.8. The molecule has 8 nitrogen and oxygen atoms in total. The molecule has 2 saturated heterocycles. The van der Waals surface area contributed by atoms with Crippen LogP contribution in [0, 0.1) is 10.1 Å². The second-order valence-corrected chi connectivity index (χ2v) is 11.1. The van der Waals surface area contributed by atoms with Gasteiger partial charge in [-0.25, -0.2) is 9.34 Å². The van der Waals surface area contributed by atoms with E-state index in [2.05, 4.69) is 0 Å². The summed E-state index contributed by atoms with van der Waals surface area (Å²) in [5.41, 5.74) is 3.50. The van der Waals surface area contributed by atoms with Crippen LogP contribution in [0.4, 0.5) is 5.69 Å². The number of hydrogen-bond acceptors (Lipinski definition) is 5. The van der Waals surface area contributed by atoms with E-state index < -0.39 is 12.6 Å². The molecule has 0 amide bonds. The van der Waals surface area contributed by atoms with E-state index in [9.17, 15) is 14.7 Å². The van der Waals surface area contributed by atoms with E-state index in [1.165, 1.54) is 6.07 Å². The summed E-state index contributed by atoms with van der Waals surface area (Å²) in [6.45, 7) is 3.11. The molecule has 2 fully saturated rings. The highest BCUT2D eigenvalue weighted by atomic mass is 31.2. The van der Waals surface area contributed by atoms with Crippen molar-refractivity contribution in [3.8, 4) is 22.6 Å². The minimum atomic E-state index is -3.01. The zero-order chi connectivity index (χ0) is 23.3. The van der Waals surface area contributed by atoms with Crippen molar-refractivity contribution < 1.29 is 18.7 Å². The molecular weight excluding hydrogens is 453 g/mol. The van der Waals surface area contributed by atoms with Crippen molar-refractivity contribution >= 4 is 13.4 Å². The molecule has 0 aromatic heterocycles. The first-order valence-corrected chi connectivity index (χ1v) is 13.0. The molecule has 0 spiro atoms. The normalized spacial score (nSPS) is 19.6. The lowest BCUT2D eigenvalue weighted by Crippen LogP contribution is -2.11. The summed E-state index contributed by atoms with van der Waals surface area (Å²) in [7, 11) is -3.01. The molecule has 9 heteroatoms. The van der Waals surface area contributed by atoms with Crippen LogP contribution in [0.2, 0.25) is 0 Å². The van der Waals surface area contributed by atoms with Gasteiger partial charge in [-0.2, -0.15) is 0 Å². The van der Waals surface area contributed by atoms with Gasteiger partial charge in [0.25, 0.3) is 0 Å². The molecule has 1 atom stereocenters. The number of benzene rings is 3. The molecule has 3 aromatic carbocycles. The van der Waals surface area contributed by atoms with E-state index in [0.29, 0.717) is 18.6 Å². The van der Waals surface area contributed by atoms with Crippen LogP contribution < -0.4 is 4.74 Å². The molecule has 0 N–H and O–H groups in total. The Labute approximate surface area is 197 Å². The Balaban J connectivity index is 1.33. The lowest BCUT2D eigenvalue weighted by molar-refractivity contribution is -0.385. The highest BCUT2D eigenvalue weighted by Crippen LogP contribution is 2.64. The molecular formula is C25H24N3O5P. The summed E-state index contributed by atoms with van der Waals surface area (Å²) >= 11 is 0. The fourth-order valence-corrected chi connectivity index (χ4v) is 6.91. The fraction of sp³-hybridized carbons (Fsp3) is 0.280. The van der Waals surface area contributed by atoms with Crippen LogP contribution in [0.15, 0.2) is 66.7 Å². The Bertz CT molecular complexity index is 1290. The van der Waals surface area contributed by atoms with Crippen LogP contribution in [0.3, 0.4) is 0 Å². The third kappa shape index (κ3) is 3.93. The molecule has 3 aliphatic rings. The maximum absolute atomic E-state index is 13.5. The molecule has 174 valence electrons. The van der Waals surface area contributed by atoms with Gasteiger partial charge in [0.2, 0.25) is 5.75 Å². The number of rotatable bonds is 8. The maximum atomic E-state index is 13.5. The molecule has 2 heterocycles. The van der Waals surface area contributed by atoms with Crippen molar-refractivity contribution in [2.75, 3.05) is 26.2 Å². The molecule has 1 aliphatic carbocycles. The number of ether oxygens (including phenoxy) is 1. The van der Waals surface area contributed by atoms with Gasteiger partial charge in [-0.05, 0) is 47.7 Å². The number of nitro groups is 1. The quantitative estimate of drug-likeness (QED) is 0.176. The Kier molecular flexibility index (Phi) is 5.26. The Morgan fingerprint density at radius 2 is 1.62 bits per heavy atom. The topological polar surface area (TPSA) is 84.7 Å². The van der Waals surface area contributed by atoms with E-state index in [4.69, 9.17) is 9.26 Å². The molecule has 3 aromatic rings. The van der Waals surface area contributed by atoms with Crippen molar-refractivity contribution in [1.82, 2.24) is 9.34 Å². The number of nitro benzene ring substituents is 1. The summed E-state index contributed by atoms with van der Waals surface area (Å²) in [6.07, 6.45) is 0.804. The van der Waals surface area contributed by atoms with Crippen LogP contribution in [0.5, 0.6) is 11.5 Å². The molecule has 0 unspecified atom stereocenters. The molecule has 6 rings (SSSR count). The molecule has 34 heavy (non-hydrogen) atoms. The first kappa shape index (κ1) is 21.5. The Morgan fingerprint density at radius 1 is 0.912 bits per heavy atom. The Hall–Kier alpha value is -3.03. The Morgan fingerprint density at radius 3 is 2.29 bits per heavy atom. The van der Waals surface area contributed by atoms with Gasteiger partial charge in [0.1, 0.15) is 5.75 Å². The average Bonchev–Trinajstić information content (AvgIpc) is 3.77. The number of hydrogen-bond donors (Lipinski definition) is 0. The van der Waals surface area contributed by atoms with Gasteiger partial charge in [-0.1, -0.05) is 42.5 Å². The minimum Gasteiger partial charge on any atom is -0.450 e. The second-order valence-electron chi connectivity index (χ2n) is 8.77. The first-order chi connectivity index (χ1) is 16.5. The van der Waals surface area contributed by atoms with Crippen molar-refractivity contribution in [2.45, 2.75) is 18.9 Å². The van der Waals surface area contributed by atoms with E-state index in [-0.39, 0.29) is 17.5 Å². The van der Waals surface area contributed by atoms with Gasteiger partial charge < -0.3 is 4.74 Å². The standard InChI is InChI=1S/C25H24N3O5P/c29-28(30)23-11-9-21-22(10-12-24(21)33-34(31,26-13-14-26)27-15-16-27)25(23)32-20-8-4-7-19(17-20)18-5-2-1-3-6-18/h1-9,11,17,24H,10,12-16H2/t24-/m0/s1. The van der Waals surface area contributed by atoms with Crippen LogP contribution in [-0.2, 0) is 15.5 Å². The summed E-state index contributed by atoms with van der Waals surface area (Å²) in [4.78, 5) is 11.4. The minimum absolute atomic E-state index is 0.0791. The van der Waals surface area contributed by atoms with Gasteiger partial charge >= 0.3 is 13.4 Å². The van der Waals surface area contributed by atoms with Crippen LogP contribution in [0.1, 0.15) is 23.7 Å². The van der Waals surface area contributed by atoms with Crippen molar-refractivity contribution in [3.63, 3.8) is 0 Å². The third-order valence-corrected chi connectivity index (χ3v) is 9.22. The SMILES string of the molecule is O=[N+]([O-])c1ccc2c(c1Oc1cccc(-c3ccccc3)c1)CC[C@@H]2OP(=O)(N1CC1)N1CC1. The zero-order valence-electron chi connectivity index (χ0n) is 18.5. The van der Waals surface area contributed by atoms with Crippen molar-refractivity contribution in [2.24, 2.45) is 0 Å². The third-order valence-electron chi connectivity index (χ3n) is 6.46. The predicted octanol–water partition coefficient (Wildman–Crippen LogP) is 5.80. The highest BCUT2D eigenvalue weighted by Gasteiger charge is 2.51. The van der Waals surface area contributed by atoms with Gasteiger partial charge in [0.05, 0.1) is 11.0 Å². The summed E-state index contributed by atoms with van der Waals surface area (Å²) < 4.78 is 29.7. The highest BCUT2D eigenvalue weighted by molar-refractivity contribution is 7.54. The lowest BCUT2D eigenvalue weighted by Gasteiger charge is -2.24. The lowest BCUT2D eigenvalue weighted by atomic mass is 10.1. The number of nitrogens with zero attached hydrogens (tertiary/aromatic N) is 3. The van der Waals surface area contributed by atoms with Gasteiger partial charge in [0.15, 0.2) is 0 Å². The van der Waals surface area contributed by atoms with Gasteiger partial charge in [-0.15, -0.1) is 0 Å². The summed E-state index contributed by atoms with van der Waals surface area (Å²) in [6, 6.07) is 20.6. The van der Waals surface area contributed by atoms with E-state index >= 15 is 0 Å². The molecule has 0 bridgehead atoms. The van der Waals surface area contributed by atoms with E-state index in [1.807, 2.05) is 57.9 Å². The zero-order valence-corrected chi connectivity index (χ0v) is 19.4. The largest absolute Gasteiger partial charge is 0.450 e. The molecule has 0 saturated carbocycles. The smallest absolute Gasteiger partial charge is 0.346 e. The predicted molar refractivity (Wildman–Crippen MR) is 128 cm³/mol. The van der Waals surface area contributed by atoms with E-state index in [1.54, 1.807) is 12.1 Å². The second kappa shape index (κ2) is 8.32. The van der Waals surface area contributed by atoms with Crippen LogP contribution in [-0.4, -0.2) is 40.4 Å². The van der Waals surface area contributed by atoms with Crippen molar-refractivity contribution in [1.29, 1.82) is 0 Å². The monoisotopic (exact) mass is 477 g/mol. The maximum Gasteiger partial charge on any atom is 0.346 e. The van der Waals surface area contributed by atoms with Gasteiger partial charge in [0, 0.05) is 37.8 Å².